The fraction of sp³-hybridized carbons (Fsp3) is 0.714. The van der Waals surface area contributed by atoms with Crippen molar-refractivity contribution in [2.24, 2.45) is 5.41 Å². The molecule has 1 aliphatic carbocycles. The molecule has 1 heterocycles. The Morgan fingerprint density at radius 3 is 2.83 bits per heavy atom. The summed E-state index contributed by atoms with van der Waals surface area (Å²) in [6.07, 6.45) is 5.93. The van der Waals surface area contributed by atoms with Gasteiger partial charge in [0.15, 0.2) is 0 Å². The predicted octanol–water partition coefficient (Wildman–Crippen LogP) is 3.05. The van der Waals surface area contributed by atoms with Crippen molar-refractivity contribution < 1.29 is 9.15 Å². The second kappa shape index (κ2) is 6.64. The van der Waals surface area contributed by atoms with Crippen molar-refractivity contribution in [2.75, 3.05) is 26.5 Å². The van der Waals surface area contributed by atoms with Crippen LogP contribution in [0.4, 0.5) is 0 Å². The van der Waals surface area contributed by atoms with E-state index >= 15 is 0 Å². The van der Waals surface area contributed by atoms with Crippen molar-refractivity contribution >= 4 is 11.8 Å². The van der Waals surface area contributed by atoms with Crippen LogP contribution in [0.2, 0.25) is 0 Å². The van der Waals surface area contributed by atoms with E-state index in [0.717, 1.165) is 37.0 Å². The number of hydrogen-bond acceptors (Lipinski definition) is 4. The Labute approximate surface area is 114 Å². The van der Waals surface area contributed by atoms with Crippen LogP contribution in [0, 0.1) is 5.41 Å². The predicted molar refractivity (Wildman–Crippen MR) is 75.8 cm³/mol. The third-order valence-electron chi connectivity index (χ3n) is 3.60. The summed E-state index contributed by atoms with van der Waals surface area (Å²) < 4.78 is 10.9. The Morgan fingerprint density at radius 1 is 1.39 bits per heavy atom. The number of furan rings is 1. The molecule has 0 amide bonds. The van der Waals surface area contributed by atoms with Gasteiger partial charge in [-0.05, 0) is 43.1 Å². The minimum Gasteiger partial charge on any atom is -0.464 e. The Hall–Kier alpha value is -0.450. The van der Waals surface area contributed by atoms with Gasteiger partial charge in [-0.2, -0.15) is 11.8 Å². The average molecular weight is 269 g/mol. The third-order valence-corrected chi connectivity index (χ3v) is 4.17. The fourth-order valence-corrected chi connectivity index (χ4v) is 2.64. The summed E-state index contributed by atoms with van der Waals surface area (Å²) in [5, 5.41) is 3.51. The Morgan fingerprint density at radius 2 is 2.17 bits per heavy atom. The lowest BCUT2D eigenvalue weighted by Crippen LogP contribution is -2.24. The van der Waals surface area contributed by atoms with E-state index in [1.165, 1.54) is 19.3 Å². The summed E-state index contributed by atoms with van der Waals surface area (Å²) in [5.41, 5.74) is 0.505. The topological polar surface area (TPSA) is 34.4 Å². The minimum atomic E-state index is 0.505. The van der Waals surface area contributed by atoms with E-state index in [1.807, 2.05) is 0 Å². The lowest BCUT2D eigenvalue weighted by Gasteiger charge is -2.14. The number of hydrogen-bond donors (Lipinski definition) is 1. The molecule has 2 rings (SSSR count). The van der Waals surface area contributed by atoms with Crippen molar-refractivity contribution in [1.82, 2.24) is 5.32 Å². The third kappa shape index (κ3) is 4.04. The van der Waals surface area contributed by atoms with Gasteiger partial charge in [-0.3, -0.25) is 0 Å². The van der Waals surface area contributed by atoms with Gasteiger partial charge in [-0.1, -0.05) is 0 Å². The van der Waals surface area contributed by atoms with Crippen LogP contribution in [0.25, 0.3) is 0 Å². The highest BCUT2D eigenvalue weighted by Gasteiger charge is 2.41. The second-order valence-electron chi connectivity index (χ2n) is 5.15. The van der Waals surface area contributed by atoms with E-state index < -0.39 is 0 Å². The first-order chi connectivity index (χ1) is 8.78. The molecule has 0 spiro atoms. The van der Waals surface area contributed by atoms with Gasteiger partial charge in [0.1, 0.15) is 11.5 Å². The van der Waals surface area contributed by atoms with Crippen molar-refractivity contribution in [3.05, 3.63) is 23.7 Å². The molecule has 1 N–H and O–H groups in total. The first-order valence-electron chi connectivity index (χ1n) is 6.54. The van der Waals surface area contributed by atoms with Gasteiger partial charge in [0.25, 0.3) is 0 Å². The molecule has 3 nitrogen and oxygen atoms in total. The van der Waals surface area contributed by atoms with E-state index in [-0.39, 0.29) is 0 Å². The molecule has 1 aromatic heterocycles. The molecule has 0 saturated heterocycles. The van der Waals surface area contributed by atoms with E-state index in [2.05, 4.69) is 23.7 Å². The van der Waals surface area contributed by atoms with Crippen molar-refractivity contribution in [3.8, 4) is 0 Å². The summed E-state index contributed by atoms with van der Waals surface area (Å²) in [7, 11) is 1.78. The maximum Gasteiger partial charge on any atom is 0.118 e. The largest absolute Gasteiger partial charge is 0.464 e. The van der Waals surface area contributed by atoms with Gasteiger partial charge >= 0.3 is 0 Å². The van der Waals surface area contributed by atoms with Crippen LogP contribution in [0.3, 0.4) is 0 Å². The number of ether oxygens (including phenoxy) is 1. The molecular formula is C14H23NO2S. The zero-order chi connectivity index (χ0) is 12.8. The van der Waals surface area contributed by atoms with Crippen LogP contribution >= 0.6 is 11.8 Å². The van der Waals surface area contributed by atoms with Crippen LogP contribution in [-0.4, -0.2) is 26.5 Å². The SMILES string of the molecule is COCCC1(CNCc2ccc(CSC)o2)CC1. The van der Waals surface area contributed by atoms with Gasteiger partial charge in [0.2, 0.25) is 0 Å². The first-order valence-corrected chi connectivity index (χ1v) is 7.94. The summed E-state index contributed by atoms with van der Waals surface area (Å²) in [5.74, 6) is 3.07. The number of methoxy groups -OCH3 is 1. The van der Waals surface area contributed by atoms with Crippen LogP contribution in [0.5, 0.6) is 0 Å². The molecule has 1 fully saturated rings. The van der Waals surface area contributed by atoms with E-state index in [9.17, 15) is 0 Å². The molecule has 18 heavy (non-hydrogen) atoms. The second-order valence-corrected chi connectivity index (χ2v) is 6.01. The Bertz CT molecular complexity index is 360. The lowest BCUT2D eigenvalue weighted by molar-refractivity contribution is 0.171. The highest BCUT2D eigenvalue weighted by molar-refractivity contribution is 7.97. The monoisotopic (exact) mass is 269 g/mol. The maximum absolute atomic E-state index is 5.73. The molecule has 102 valence electrons. The molecule has 0 aromatic carbocycles. The normalized spacial score (nSPS) is 17.0. The minimum absolute atomic E-state index is 0.505. The van der Waals surface area contributed by atoms with Crippen LogP contribution in [0.1, 0.15) is 30.8 Å². The molecule has 1 aliphatic rings. The van der Waals surface area contributed by atoms with E-state index in [0.29, 0.717) is 5.41 Å². The molecule has 0 atom stereocenters. The van der Waals surface area contributed by atoms with E-state index in [4.69, 9.17) is 9.15 Å². The standard InChI is InChI=1S/C14H23NO2S/c1-16-8-7-14(5-6-14)11-15-9-12-3-4-13(17-12)10-18-2/h3-4,15H,5-11H2,1-2H3. The molecule has 1 saturated carbocycles. The summed E-state index contributed by atoms with van der Waals surface area (Å²) in [6.45, 7) is 2.79. The Kier molecular flexibility index (Phi) is 5.15. The summed E-state index contributed by atoms with van der Waals surface area (Å²) in [6, 6.07) is 4.15. The molecule has 0 bridgehead atoms. The summed E-state index contributed by atoms with van der Waals surface area (Å²) >= 11 is 1.79. The number of rotatable bonds is 9. The first kappa shape index (κ1) is 14.0. The zero-order valence-electron chi connectivity index (χ0n) is 11.3. The van der Waals surface area contributed by atoms with Crippen molar-refractivity contribution in [1.29, 1.82) is 0 Å². The zero-order valence-corrected chi connectivity index (χ0v) is 12.1. The molecule has 0 unspecified atom stereocenters. The smallest absolute Gasteiger partial charge is 0.118 e. The van der Waals surface area contributed by atoms with Gasteiger partial charge < -0.3 is 14.5 Å². The highest BCUT2D eigenvalue weighted by Crippen LogP contribution is 2.48. The van der Waals surface area contributed by atoms with Gasteiger partial charge in [-0.15, -0.1) is 0 Å². The van der Waals surface area contributed by atoms with Crippen LogP contribution in [-0.2, 0) is 17.0 Å². The van der Waals surface area contributed by atoms with Crippen LogP contribution in [0.15, 0.2) is 16.5 Å². The molecular weight excluding hydrogens is 246 g/mol. The van der Waals surface area contributed by atoms with Crippen molar-refractivity contribution in [3.63, 3.8) is 0 Å². The van der Waals surface area contributed by atoms with Gasteiger partial charge in [-0.25, -0.2) is 0 Å². The molecule has 4 heteroatoms. The lowest BCUT2D eigenvalue weighted by atomic mass is 10.0. The Balaban J connectivity index is 1.68. The fourth-order valence-electron chi connectivity index (χ4n) is 2.20. The van der Waals surface area contributed by atoms with Gasteiger partial charge in [0, 0.05) is 20.3 Å². The summed E-state index contributed by atoms with van der Waals surface area (Å²) in [4.78, 5) is 0. The van der Waals surface area contributed by atoms with Crippen molar-refractivity contribution in [2.45, 2.75) is 31.6 Å². The van der Waals surface area contributed by atoms with Crippen LogP contribution < -0.4 is 5.32 Å². The maximum atomic E-state index is 5.73. The number of nitrogens with one attached hydrogen (secondary N) is 1. The quantitative estimate of drug-likeness (QED) is 0.747. The molecule has 0 radical (unpaired) electrons. The molecule has 0 aliphatic heterocycles. The van der Waals surface area contributed by atoms with Gasteiger partial charge in [0.05, 0.1) is 12.3 Å². The molecule has 1 aromatic rings. The average Bonchev–Trinajstić information content (AvgIpc) is 3.00. The highest BCUT2D eigenvalue weighted by atomic mass is 32.2. The van der Waals surface area contributed by atoms with E-state index in [1.54, 1.807) is 18.9 Å². The number of thioether (sulfide) groups is 1.